The van der Waals surface area contributed by atoms with E-state index in [1.165, 1.54) is 101 Å². The molecule has 0 rings (SSSR count). The minimum atomic E-state index is -2.17. The third-order valence-electron chi connectivity index (χ3n) is 5.48. The van der Waals surface area contributed by atoms with Crippen LogP contribution in [0.4, 0.5) is 0 Å². The second kappa shape index (κ2) is 13.4. The van der Waals surface area contributed by atoms with Crippen LogP contribution in [0.3, 0.4) is 0 Å². The van der Waals surface area contributed by atoms with Gasteiger partial charge < -0.3 is 0 Å². The zero-order chi connectivity index (χ0) is 19.3. The van der Waals surface area contributed by atoms with E-state index < -0.39 is 13.3 Å². The fourth-order valence-electron chi connectivity index (χ4n) is 4.31. The number of hydrogen-bond donors (Lipinski definition) is 0. The summed E-state index contributed by atoms with van der Waals surface area (Å²) >= 11 is 14.7. The van der Waals surface area contributed by atoms with Crippen molar-refractivity contribution in [1.82, 2.24) is 0 Å². The van der Waals surface area contributed by atoms with Crippen molar-refractivity contribution >= 4 is 35.7 Å². The van der Waals surface area contributed by atoms with Crippen LogP contribution in [0.2, 0.25) is 13.1 Å². The molecule has 0 aliphatic carbocycles. The van der Waals surface area contributed by atoms with Gasteiger partial charge in [-0.1, -0.05) is 0 Å². The monoisotopic (exact) mass is 428 g/mol. The van der Waals surface area contributed by atoms with Gasteiger partial charge in [-0.15, -0.1) is 0 Å². The van der Waals surface area contributed by atoms with Crippen LogP contribution in [0.5, 0.6) is 0 Å². The van der Waals surface area contributed by atoms with Gasteiger partial charge >= 0.3 is 171 Å². The summed E-state index contributed by atoms with van der Waals surface area (Å²) in [7, 11) is -1.67. The Morgan fingerprint density at radius 3 is 1.16 bits per heavy atom. The van der Waals surface area contributed by atoms with Crippen molar-refractivity contribution in [2.75, 3.05) is 24.3 Å². The Balaban J connectivity index is 5.13. The van der Waals surface area contributed by atoms with Crippen molar-refractivity contribution in [2.24, 2.45) is 0 Å². The Bertz CT molecular complexity index is 294. The first-order chi connectivity index (χ1) is 11.7. The molecule has 4 heteroatoms. The Morgan fingerprint density at radius 2 is 0.920 bits per heavy atom. The van der Waals surface area contributed by atoms with Gasteiger partial charge in [-0.2, -0.15) is 0 Å². The molecule has 0 bridgehead atoms. The van der Waals surface area contributed by atoms with E-state index in [0.717, 1.165) is 0 Å². The van der Waals surface area contributed by atoms with E-state index in [1.807, 2.05) is 0 Å². The molecule has 0 saturated heterocycles. The second-order valence-corrected chi connectivity index (χ2v) is 24.7. The quantitative estimate of drug-likeness (QED) is 0.0934. The first-order valence-corrected chi connectivity index (χ1v) is 19.2. The van der Waals surface area contributed by atoms with Crippen LogP contribution in [0, 0.1) is 0 Å². The fourth-order valence-corrected chi connectivity index (χ4v) is 24.6. The molecule has 0 atom stereocenters. The van der Waals surface area contributed by atoms with E-state index in [2.05, 4.69) is 33.9 Å². The summed E-state index contributed by atoms with van der Waals surface area (Å²) in [5.41, 5.74) is 0. The Kier molecular flexibility index (Phi) is 14.1. The summed E-state index contributed by atoms with van der Waals surface area (Å²) in [6.45, 7) is 11.5. The SMILES string of the molecule is CCCCCCP(Cl)(CCCCCC)(CCCCCC)C[Si](C)(C)Cl. The van der Waals surface area contributed by atoms with Gasteiger partial charge in [-0.05, 0) is 0 Å². The molecule has 0 aliphatic heterocycles. The van der Waals surface area contributed by atoms with Gasteiger partial charge in [-0.25, -0.2) is 0 Å². The van der Waals surface area contributed by atoms with Crippen molar-refractivity contribution in [3.05, 3.63) is 0 Å². The standard InChI is InChI=1S/C21H47Cl2PSi/c1-6-9-12-15-18-24(22,21-25(4,5)23,19-16-13-10-7-2)20-17-14-11-8-3/h6-21H2,1-5H3. The zero-order valence-corrected chi connectivity index (χ0v) is 21.4. The van der Waals surface area contributed by atoms with Crippen LogP contribution in [-0.2, 0) is 0 Å². The predicted molar refractivity (Wildman–Crippen MR) is 128 cm³/mol. The van der Waals surface area contributed by atoms with Gasteiger partial charge in [0.2, 0.25) is 0 Å². The van der Waals surface area contributed by atoms with E-state index in [0.29, 0.717) is 0 Å². The average Bonchev–Trinajstić information content (AvgIpc) is 2.52. The Labute approximate surface area is 170 Å². The van der Waals surface area contributed by atoms with Gasteiger partial charge in [-0.3, -0.25) is 0 Å². The van der Waals surface area contributed by atoms with Crippen LogP contribution in [0.1, 0.15) is 97.8 Å². The summed E-state index contributed by atoms with van der Waals surface area (Å²) in [5, 5.41) is 0. The van der Waals surface area contributed by atoms with Crippen molar-refractivity contribution in [3.63, 3.8) is 0 Å². The van der Waals surface area contributed by atoms with E-state index in [4.69, 9.17) is 22.3 Å². The van der Waals surface area contributed by atoms with E-state index in [1.54, 1.807) is 0 Å². The summed E-state index contributed by atoms with van der Waals surface area (Å²) in [5.74, 6) is -0.972. The van der Waals surface area contributed by atoms with Crippen LogP contribution in [0.15, 0.2) is 0 Å². The molecule has 0 saturated carbocycles. The van der Waals surface area contributed by atoms with Crippen LogP contribution in [-0.4, -0.2) is 31.7 Å². The van der Waals surface area contributed by atoms with Crippen molar-refractivity contribution in [3.8, 4) is 0 Å². The first kappa shape index (κ1) is 26.2. The molecule has 0 radical (unpaired) electrons. The van der Waals surface area contributed by atoms with E-state index >= 15 is 0 Å². The summed E-state index contributed by atoms with van der Waals surface area (Å²) in [6, 6.07) is 0. The number of hydrogen-bond acceptors (Lipinski definition) is 0. The van der Waals surface area contributed by atoms with Crippen LogP contribution in [0.25, 0.3) is 0 Å². The van der Waals surface area contributed by atoms with Crippen molar-refractivity contribution in [2.45, 2.75) is 111 Å². The molecule has 0 unspecified atom stereocenters. The molecular formula is C21H47Cl2PSi. The normalized spacial score (nSPS) is 14.4. The molecule has 0 aromatic carbocycles. The molecule has 0 aromatic rings. The number of halogens is 2. The molecule has 0 aliphatic rings. The number of unbranched alkanes of at least 4 members (excludes halogenated alkanes) is 9. The van der Waals surface area contributed by atoms with Gasteiger partial charge in [0.15, 0.2) is 0 Å². The molecule has 154 valence electrons. The zero-order valence-electron chi connectivity index (χ0n) is 18.0. The average molecular weight is 430 g/mol. The minimum absolute atomic E-state index is 1.20. The molecule has 0 fully saturated rings. The molecule has 0 N–H and O–H groups in total. The summed E-state index contributed by atoms with van der Waals surface area (Å²) in [6.07, 6.45) is 20.0. The Morgan fingerprint density at radius 1 is 0.600 bits per heavy atom. The van der Waals surface area contributed by atoms with E-state index in [-0.39, 0.29) is 0 Å². The third-order valence-corrected chi connectivity index (χ3v) is 19.6. The summed E-state index contributed by atoms with van der Waals surface area (Å²) in [4.78, 5) is 0. The molecule has 0 spiro atoms. The summed E-state index contributed by atoms with van der Waals surface area (Å²) < 4.78 is 0. The van der Waals surface area contributed by atoms with E-state index in [9.17, 15) is 0 Å². The predicted octanol–water partition coefficient (Wildman–Crippen LogP) is 9.42. The fraction of sp³-hybridized carbons (Fsp3) is 1.00. The van der Waals surface area contributed by atoms with Crippen LogP contribution >= 0.6 is 28.3 Å². The topological polar surface area (TPSA) is 0 Å². The molecular weight excluding hydrogens is 382 g/mol. The molecule has 0 heterocycles. The van der Waals surface area contributed by atoms with Crippen LogP contribution < -0.4 is 0 Å². The number of rotatable bonds is 17. The van der Waals surface area contributed by atoms with Gasteiger partial charge in [0.25, 0.3) is 0 Å². The van der Waals surface area contributed by atoms with Gasteiger partial charge in [0.05, 0.1) is 0 Å². The maximum atomic E-state index is 7.80. The molecule has 0 nitrogen and oxygen atoms in total. The van der Waals surface area contributed by atoms with Gasteiger partial charge in [0.1, 0.15) is 0 Å². The maximum absolute atomic E-state index is 7.80. The molecule has 0 amide bonds. The second-order valence-electron chi connectivity index (χ2n) is 9.05. The van der Waals surface area contributed by atoms with Crippen molar-refractivity contribution < 1.29 is 0 Å². The Hall–Kier alpha value is 1.23. The molecule has 25 heavy (non-hydrogen) atoms. The van der Waals surface area contributed by atoms with Crippen molar-refractivity contribution in [1.29, 1.82) is 0 Å². The van der Waals surface area contributed by atoms with Gasteiger partial charge in [0, 0.05) is 0 Å². The first-order valence-electron chi connectivity index (χ1n) is 11.1. The molecule has 0 aromatic heterocycles. The third kappa shape index (κ3) is 13.1.